The molecule has 1 N–H and O–H groups in total. The van der Waals surface area contributed by atoms with E-state index >= 15 is 0 Å². The van der Waals surface area contributed by atoms with Gasteiger partial charge >= 0.3 is 6.03 Å². The van der Waals surface area contributed by atoms with E-state index in [0.29, 0.717) is 11.7 Å². The number of anilines is 2. The summed E-state index contributed by atoms with van der Waals surface area (Å²) in [7, 11) is 0. The maximum atomic E-state index is 12.7. The second kappa shape index (κ2) is 6.74. The molecule has 0 aliphatic rings. The molecule has 6 nitrogen and oxygen atoms in total. The molecule has 116 valence electrons. The molecule has 0 spiro atoms. The Labute approximate surface area is 133 Å². The largest absolute Gasteiger partial charge is 0.340 e. The molecule has 0 radical (unpaired) electrons. The van der Waals surface area contributed by atoms with Gasteiger partial charge in [-0.05, 0) is 24.3 Å². The summed E-state index contributed by atoms with van der Waals surface area (Å²) in [6.45, 7) is 1.91. The summed E-state index contributed by atoms with van der Waals surface area (Å²) in [6.07, 6.45) is 0. The van der Waals surface area contributed by atoms with Gasteiger partial charge in [0.2, 0.25) is 5.89 Å². The molecule has 3 rings (SSSR count). The first-order valence-electron chi connectivity index (χ1n) is 7.21. The average Bonchev–Trinajstić information content (AvgIpc) is 3.01. The lowest BCUT2D eigenvalue weighted by atomic mass is 10.2. The molecule has 2 amide bonds. The number of rotatable bonds is 4. The van der Waals surface area contributed by atoms with E-state index in [-0.39, 0.29) is 12.6 Å². The Kier molecular flexibility index (Phi) is 4.33. The van der Waals surface area contributed by atoms with E-state index in [1.165, 1.54) is 0 Å². The Bertz CT molecular complexity index is 732. The molecular weight excluding hydrogens is 292 g/mol. The summed E-state index contributed by atoms with van der Waals surface area (Å²) in [5.74, 6) is 0.911. The lowest BCUT2D eigenvalue weighted by molar-refractivity contribution is 0.247. The summed E-state index contributed by atoms with van der Waals surface area (Å²) in [4.78, 5) is 18.3. The summed E-state index contributed by atoms with van der Waals surface area (Å²) < 4.78 is 4.90. The van der Waals surface area contributed by atoms with Crippen LogP contribution in [-0.4, -0.2) is 16.2 Å². The van der Waals surface area contributed by atoms with Crippen molar-refractivity contribution in [2.24, 2.45) is 0 Å². The Morgan fingerprint density at radius 1 is 1.04 bits per heavy atom. The van der Waals surface area contributed by atoms with E-state index in [2.05, 4.69) is 15.5 Å². The fraction of sp³-hybridized carbons (Fsp3) is 0.118. The van der Waals surface area contributed by atoms with Gasteiger partial charge in [-0.15, -0.1) is 0 Å². The number of nitrogens with one attached hydrogen (secondary N) is 1. The topological polar surface area (TPSA) is 71.3 Å². The molecule has 0 aliphatic carbocycles. The first kappa shape index (κ1) is 14.8. The highest BCUT2D eigenvalue weighted by Crippen LogP contribution is 2.24. The van der Waals surface area contributed by atoms with Crippen molar-refractivity contribution in [2.45, 2.75) is 13.5 Å². The van der Waals surface area contributed by atoms with Crippen molar-refractivity contribution in [1.29, 1.82) is 0 Å². The molecular formula is C17H16N4O2. The molecule has 0 saturated carbocycles. The fourth-order valence-electron chi connectivity index (χ4n) is 2.18. The zero-order valence-corrected chi connectivity index (χ0v) is 12.6. The van der Waals surface area contributed by atoms with Gasteiger partial charge in [-0.1, -0.05) is 41.6 Å². The predicted molar refractivity (Wildman–Crippen MR) is 86.3 cm³/mol. The Hall–Kier alpha value is -3.15. The minimum atomic E-state index is -0.259. The Balaban J connectivity index is 1.82. The number of benzene rings is 2. The van der Waals surface area contributed by atoms with Crippen LogP contribution in [-0.2, 0) is 6.54 Å². The lowest BCUT2D eigenvalue weighted by Crippen LogP contribution is -2.36. The van der Waals surface area contributed by atoms with Crippen LogP contribution in [0.25, 0.3) is 0 Å². The number of nitrogens with zero attached hydrogens (tertiary/aromatic N) is 3. The van der Waals surface area contributed by atoms with Crippen LogP contribution in [0.5, 0.6) is 0 Å². The number of carbonyl (C=O) groups excluding carboxylic acids is 1. The lowest BCUT2D eigenvalue weighted by Gasteiger charge is -2.23. The van der Waals surface area contributed by atoms with Crippen LogP contribution in [0.15, 0.2) is 65.2 Å². The van der Waals surface area contributed by atoms with Crippen molar-refractivity contribution in [1.82, 2.24) is 15.5 Å². The van der Waals surface area contributed by atoms with E-state index in [0.717, 1.165) is 11.4 Å². The normalized spacial score (nSPS) is 10.3. The van der Waals surface area contributed by atoms with Gasteiger partial charge in [-0.3, -0.25) is 4.90 Å². The van der Waals surface area contributed by atoms with Crippen LogP contribution in [0.4, 0.5) is 16.2 Å². The number of carbonyl (C=O) groups is 1. The first-order chi connectivity index (χ1) is 11.2. The van der Waals surface area contributed by atoms with E-state index in [1.807, 2.05) is 60.7 Å². The quantitative estimate of drug-likeness (QED) is 0.801. The monoisotopic (exact) mass is 308 g/mol. The molecule has 0 atom stereocenters. The van der Waals surface area contributed by atoms with Crippen molar-refractivity contribution in [3.05, 3.63) is 72.4 Å². The summed E-state index contributed by atoms with van der Waals surface area (Å²) in [5.41, 5.74) is 1.56. The highest BCUT2D eigenvalue weighted by Gasteiger charge is 2.18. The predicted octanol–water partition coefficient (Wildman–Crippen LogP) is 3.43. The molecule has 3 aromatic rings. The third-order valence-corrected chi connectivity index (χ3v) is 3.20. The molecule has 2 aromatic carbocycles. The van der Waals surface area contributed by atoms with E-state index in [1.54, 1.807) is 11.8 Å². The maximum absolute atomic E-state index is 12.7. The second-order valence-electron chi connectivity index (χ2n) is 4.89. The smallest absolute Gasteiger partial charge is 0.326 e. The fourth-order valence-corrected chi connectivity index (χ4v) is 2.18. The molecule has 0 aliphatic heterocycles. The van der Waals surface area contributed by atoms with Gasteiger partial charge in [0.05, 0.1) is 17.9 Å². The number of hydrogen-bond acceptors (Lipinski definition) is 4. The number of para-hydroxylation sites is 2. The average molecular weight is 308 g/mol. The minimum Gasteiger partial charge on any atom is -0.340 e. The van der Waals surface area contributed by atoms with Crippen LogP contribution in [0.2, 0.25) is 0 Å². The van der Waals surface area contributed by atoms with Gasteiger partial charge in [0.25, 0.3) is 0 Å². The Morgan fingerprint density at radius 3 is 2.09 bits per heavy atom. The number of aromatic nitrogens is 2. The zero-order valence-electron chi connectivity index (χ0n) is 12.6. The number of aryl methyl sites for hydroxylation is 1. The SMILES string of the molecule is Cc1nc(CNC(=O)N(c2ccccc2)c2ccccc2)no1. The Morgan fingerprint density at radius 2 is 1.61 bits per heavy atom. The summed E-state index contributed by atoms with van der Waals surface area (Å²) in [5, 5.41) is 6.58. The molecule has 6 heteroatoms. The number of amides is 2. The van der Waals surface area contributed by atoms with Gasteiger partial charge in [0.1, 0.15) is 0 Å². The molecule has 0 saturated heterocycles. The van der Waals surface area contributed by atoms with E-state index in [9.17, 15) is 4.79 Å². The maximum Gasteiger partial charge on any atom is 0.326 e. The van der Waals surface area contributed by atoms with Crippen LogP contribution in [0, 0.1) is 6.92 Å². The molecule has 1 aromatic heterocycles. The molecule has 23 heavy (non-hydrogen) atoms. The highest BCUT2D eigenvalue weighted by atomic mass is 16.5. The van der Waals surface area contributed by atoms with Crippen molar-refractivity contribution < 1.29 is 9.32 Å². The van der Waals surface area contributed by atoms with Gasteiger partial charge in [-0.25, -0.2) is 4.79 Å². The third-order valence-electron chi connectivity index (χ3n) is 3.20. The third kappa shape index (κ3) is 3.55. The zero-order chi connectivity index (χ0) is 16.1. The second-order valence-corrected chi connectivity index (χ2v) is 4.89. The van der Waals surface area contributed by atoms with E-state index < -0.39 is 0 Å². The van der Waals surface area contributed by atoms with Crippen LogP contribution in [0.1, 0.15) is 11.7 Å². The van der Waals surface area contributed by atoms with Crippen molar-refractivity contribution >= 4 is 17.4 Å². The molecule has 0 unspecified atom stereocenters. The molecule has 0 fully saturated rings. The minimum absolute atomic E-state index is 0.201. The highest BCUT2D eigenvalue weighted by molar-refractivity contribution is 5.99. The molecule has 1 heterocycles. The van der Waals surface area contributed by atoms with Gasteiger partial charge < -0.3 is 9.84 Å². The standard InChI is InChI=1S/C17H16N4O2/c1-13-19-16(20-23-13)12-18-17(22)21(14-8-4-2-5-9-14)15-10-6-3-7-11-15/h2-11H,12H2,1H3,(H,18,22). The molecule has 0 bridgehead atoms. The van der Waals surface area contributed by atoms with E-state index in [4.69, 9.17) is 4.52 Å². The van der Waals surface area contributed by atoms with Crippen molar-refractivity contribution in [3.63, 3.8) is 0 Å². The number of urea groups is 1. The van der Waals surface area contributed by atoms with Crippen LogP contribution in [0.3, 0.4) is 0 Å². The van der Waals surface area contributed by atoms with Gasteiger partial charge in [0, 0.05) is 6.92 Å². The van der Waals surface area contributed by atoms with Gasteiger partial charge in [0.15, 0.2) is 5.82 Å². The van der Waals surface area contributed by atoms with Gasteiger partial charge in [-0.2, -0.15) is 4.98 Å². The first-order valence-corrected chi connectivity index (χ1v) is 7.21. The van der Waals surface area contributed by atoms with Crippen molar-refractivity contribution in [3.8, 4) is 0 Å². The van der Waals surface area contributed by atoms with Crippen molar-refractivity contribution in [2.75, 3.05) is 4.90 Å². The van der Waals surface area contributed by atoms with Crippen LogP contribution >= 0.6 is 0 Å². The number of hydrogen-bond donors (Lipinski definition) is 1. The van der Waals surface area contributed by atoms with Crippen LogP contribution < -0.4 is 10.2 Å². The summed E-state index contributed by atoms with van der Waals surface area (Å²) in [6, 6.07) is 18.6. The summed E-state index contributed by atoms with van der Waals surface area (Å²) >= 11 is 0.